The normalized spacial score (nSPS) is 10.6. The third-order valence-electron chi connectivity index (χ3n) is 3.22. The van der Waals surface area contributed by atoms with Crippen molar-refractivity contribution < 1.29 is 4.39 Å². The van der Waals surface area contributed by atoms with E-state index in [2.05, 4.69) is 9.97 Å². The van der Waals surface area contributed by atoms with Crippen LogP contribution in [0.1, 0.15) is 11.1 Å². The van der Waals surface area contributed by atoms with Gasteiger partial charge in [0, 0.05) is 28.8 Å². The van der Waals surface area contributed by atoms with Gasteiger partial charge in [-0.05, 0) is 29.8 Å². The molecule has 0 fully saturated rings. The fraction of sp³-hybridized carbons (Fsp3) is 0.0588. The standard InChI is InChI=1S/C17H12ClFN2/c18-14-7-5-12(6-8-14)9-13-10-20-11-21-17(13)15-3-1-2-4-16(15)19/h1-8,10-11H,9H2. The van der Waals surface area contributed by atoms with Gasteiger partial charge in [0.2, 0.25) is 0 Å². The maximum absolute atomic E-state index is 14.0. The molecule has 1 aromatic heterocycles. The van der Waals surface area contributed by atoms with E-state index in [0.717, 1.165) is 11.1 Å². The molecule has 0 atom stereocenters. The van der Waals surface area contributed by atoms with Gasteiger partial charge in [0.1, 0.15) is 12.1 Å². The van der Waals surface area contributed by atoms with Crippen LogP contribution in [0.4, 0.5) is 4.39 Å². The maximum atomic E-state index is 14.0. The van der Waals surface area contributed by atoms with Gasteiger partial charge in [-0.2, -0.15) is 0 Å². The predicted octanol–water partition coefficient (Wildman–Crippen LogP) is 4.53. The molecule has 0 saturated heterocycles. The van der Waals surface area contributed by atoms with Crippen molar-refractivity contribution in [3.8, 4) is 11.3 Å². The Hall–Kier alpha value is -2.26. The van der Waals surface area contributed by atoms with Gasteiger partial charge in [-0.15, -0.1) is 0 Å². The fourth-order valence-electron chi connectivity index (χ4n) is 2.21. The molecule has 0 aliphatic rings. The number of aromatic nitrogens is 2. The first-order valence-electron chi connectivity index (χ1n) is 6.52. The van der Waals surface area contributed by atoms with Gasteiger partial charge < -0.3 is 0 Å². The van der Waals surface area contributed by atoms with Crippen LogP contribution in [0.3, 0.4) is 0 Å². The number of rotatable bonds is 3. The highest BCUT2D eigenvalue weighted by Gasteiger charge is 2.11. The van der Waals surface area contributed by atoms with Crippen LogP contribution in [-0.2, 0) is 6.42 Å². The van der Waals surface area contributed by atoms with E-state index in [1.165, 1.54) is 12.4 Å². The van der Waals surface area contributed by atoms with E-state index in [1.807, 2.05) is 24.3 Å². The lowest BCUT2D eigenvalue weighted by Crippen LogP contribution is -1.98. The highest BCUT2D eigenvalue weighted by atomic mass is 35.5. The summed E-state index contributed by atoms with van der Waals surface area (Å²) < 4.78 is 14.0. The first-order chi connectivity index (χ1) is 10.2. The molecule has 0 aliphatic carbocycles. The monoisotopic (exact) mass is 298 g/mol. The quantitative estimate of drug-likeness (QED) is 0.710. The Morgan fingerprint density at radius 1 is 1.00 bits per heavy atom. The van der Waals surface area contributed by atoms with E-state index < -0.39 is 0 Å². The van der Waals surface area contributed by atoms with Crippen molar-refractivity contribution in [1.82, 2.24) is 9.97 Å². The van der Waals surface area contributed by atoms with E-state index in [4.69, 9.17) is 11.6 Å². The minimum absolute atomic E-state index is 0.284. The first kappa shape index (κ1) is 13.7. The molecule has 1 heterocycles. The molecule has 0 aliphatic heterocycles. The fourth-order valence-corrected chi connectivity index (χ4v) is 2.33. The van der Waals surface area contributed by atoms with Crippen LogP contribution in [0.15, 0.2) is 61.1 Å². The van der Waals surface area contributed by atoms with Gasteiger partial charge in [0.25, 0.3) is 0 Å². The topological polar surface area (TPSA) is 25.8 Å². The zero-order valence-corrected chi connectivity index (χ0v) is 11.9. The average Bonchev–Trinajstić information content (AvgIpc) is 2.51. The SMILES string of the molecule is Fc1ccccc1-c1ncncc1Cc1ccc(Cl)cc1. The molecule has 2 nitrogen and oxygen atoms in total. The molecule has 0 unspecified atom stereocenters. The molecule has 3 aromatic rings. The van der Waals surface area contributed by atoms with Crippen molar-refractivity contribution in [2.45, 2.75) is 6.42 Å². The van der Waals surface area contributed by atoms with Gasteiger partial charge >= 0.3 is 0 Å². The summed E-state index contributed by atoms with van der Waals surface area (Å²) in [4.78, 5) is 8.30. The van der Waals surface area contributed by atoms with Crippen LogP contribution in [0.25, 0.3) is 11.3 Å². The van der Waals surface area contributed by atoms with Gasteiger partial charge in [0.05, 0.1) is 5.69 Å². The number of nitrogens with zero attached hydrogens (tertiary/aromatic N) is 2. The zero-order valence-electron chi connectivity index (χ0n) is 11.1. The summed E-state index contributed by atoms with van der Waals surface area (Å²) in [5, 5.41) is 0.692. The second-order valence-corrected chi connectivity index (χ2v) is 5.12. The zero-order chi connectivity index (χ0) is 14.7. The Labute approximate surface area is 127 Å². The summed E-state index contributed by atoms with van der Waals surface area (Å²) in [6, 6.07) is 14.2. The molecule has 0 amide bonds. The third-order valence-corrected chi connectivity index (χ3v) is 3.48. The van der Waals surface area contributed by atoms with Gasteiger partial charge in [-0.3, -0.25) is 0 Å². The van der Waals surface area contributed by atoms with E-state index in [-0.39, 0.29) is 5.82 Å². The van der Waals surface area contributed by atoms with E-state index in [0.29, 0.717) is 22.7 Å². The summed E-state index contributed by atoms with van der Waals surface area (Å²) in [6.45, 7) is 0. The summed E-state index contributed by atoms with van der Waals surface area (Å²) in [7, 11) is 0. The molecule has 0 N–H and O–H groups in total. The number of hydrogen-bond donors (Lipinski definition) is 0. The Balaban J connectivity index is 2.00. The molecule has 2 aromatic carbocycles. The van der Waals surface area contributed by atoms with Crippen molar-refractivity contribution in [3.05, 3.63) is 83.0 Å². The summed E-state index contributed by atoms with van der Waals surface area (Å²) in [5.74, 6) is -0.284. The number of halogens is 2. The molecule has 104 valence electrons. The molecular formula is C17H12ClFN2. The van der Waals surface area contributed by atoms with E-state index in [1.54, 1.807) is 24.4 Å². The molecule has 4 heteroatoms. The van der Waals surface area contributed by atoms with Crippen LogP contribution in [-0.4, -0.2) is 9.97 Å². The Bertz CT molecular complexity index is 757. The lowest BCUT2D eigenvalue weighted by Gasteiger charge is -2.09. The molecule has 0 radical (unpaired) electrons. The second-order valence-electron chi connectivity index (χ2n) is 4.68. The Morgan fingerprint density at radius 2 is 1.76 bits per heavy atom. The summed E-state index contributed by atoms with van der Waals surface area (Å²) in [5.41, 5.74) is 3.07. The molecule has 0 spiro atoms. The van der Waals surface area contributed by atoms with Gasteiger partial charge in [0.15, 0.2) is 0 Å². The lowest BCUT2D eigenvalue weighted by atomic mass is 10.0. The molecule has 3 rings (SSSR count). The highest BCUT2D eigenvalue weighted by Crippen LogP contribution is 2.25. The van der Waals surface area contributed by atoms with Crippen molar-refractivity contribution in [3.63, 3.8) is 0 Å². The second kappa shape index (κ2) is 6.02. The summed E-state index contributed by atoms with van der Waals surface area (Å²) in [6.07, 6.45) is 3.79. The highest BCUT2D eigenvalue weighted by molar-refractivity contribution is 6.30. The minimum atomic E-state index is -0.284. The van der Waals surface area contributed by atoms with Crippen LogP contribution >= 0.6 is 11.6 Å². The Morgan fingerprint density at radius 3 is 2.52 bits per heavy atom. The van der Waals surface area contributed by atoms with Crippen molar-refractivity contribution in [1.29, 1.82) is 0 Å². The molecule has 0 bridgehead atoms. The van der Waals surface area contributed by atoms with Crippen LogP contribution in [0, 0.1) is 5.82 Å². The molecule has 0 saturated carbocycles. The minimum Gasteiger partial charge on any atom is -0.244 e. The van der Waals surface area contributed by atoms with Crippen LogP contribution < -0.4 is 0 Å². The van der Waals surface area contributed by atoms with E-state index in [9.17, 15) is 4.39 Å². The largest absolute Gasteiger partial charge is 0.244 e. The molecule has 21 heavy (non-hydrogen) atoms. The average molecular weight is 299 g/mol. The number of benzene rings is 2. The predicted molar refractivity (Wildman–Crippen MR) is 81.7 cm³/mol. The number of hydrogen-bond acceptors (Lipinski definition) is 2. The third kappa shape index (κ3) is 3.09. The van der Waals surface area contributed by atoms with Gasteiger partial charge in [-0.25, -0.2) is 14.4 Å². The van der Waals surface area contributed by atoms with Crippen molar-refractivity contribution in [2.24, 2.45) is 0 Å². The van der Waals surface area contributed by atoms with Crippen molar-refractivity contribution >= 4 is 11.6 Å². The van der Waals surface area contributed by atoms with E-state index >= 15 is 0 Å². The maximum Gasteiger partial charge on any atom is 0.132 e. The first-order valence-corrected chi connectivity index (χ1v) is 6.90. The van der Waals surface area contributed by atoms with Crippen LogP contribution in [0.5, 0.6) is 0 Å². The van der Waals surface area contributed by atoms with Crippen LogP contribution in [0.2, 0.25) is 5.02 Å². The summed E-state index contributed by atoms with van der Waals surface area (Å²) >= 11 is 5.89. The molecular weight excluding hydrogens is 287 g/mol. The lowest BCUT2D eigenvalue weighted by molar-refractivity contribution is 0.630. The van der Waals surface area contributed by atoms with Gasteiger partial charge in [-0.1, -0.05) is 35.9 Å². The van der Waals surface area contributed by atoms with Crippen molar-refractivity contribution in [2.75, 3.05) is 0 Å². The smallest absolute Gasteiger partial charge is 0.132 e. The Kier molecular flexibility index (Phi) is 3.93.